The zero-order valence-electron chi connectivity index (χ0n) is 9.88. The van der Waals surface area contributed by atoms with Gasteiger partial charge in [0, 0.05) is 17.7 Å². The molecule has 5 nitrogen and oxygen atoms in total. The van der Waals surface area contributed by atoms with Crippen molar-refractivity contribution >= 4 is 25.6 Å². The number of rotatable bonds is 1. The predicted octanol–water partition coefficient (Wildman–Crippen LogP) is 1.47. The van der Waals surface area contributed by atoms with Crippen molar-refractivity contribution in [1.82, 2.24) is 4.90 Å². The zero-order chi connectivity index (χ0) is 13.5. The highest BCUT2D eigenvalue weighted by Crippen LogP contribution is 2.28. The minimum absolute atomic E-state index is 0.0824. The molecule has 0 bridgehead atoms. The van der Waals surface area contributed by atoms with Crippen LogP contribution in [-0.2, 0) is 9.05 Å². The molecule has 1 heterocycles. The molecule has 1 aromatic rings. The third-order valence-electron chi connectivity index (χ3n) is 2.92. The fourth-order valence-corrected chi connectivity index (χ4v) is 2.44. The molecule has 0 saturated carbocycles. The van der Waals surface area contributed by atoms with Crippen LogP contribution in [0.2, 0.25) is 0 Å². The second-order valence-electron chi connectivity index (χ2n) is 4.17. The van der Waals surface area contributed by atoms with Crippen LogP contribution < -0.4 is 4.74 Å². The van der Waals surface area contributed by atoms with Crippen LogP contribution in [0.25, 0.3) is 0 Å². The van der Waals surface area contributed by atoms with Crippen LogP contribution in [-0.4, -0.2) is 38.9 Å². The van der Waals surface area contributed by atoms with E-state index in [9.17, 15) is 13.2 Å². The van der Waals surface area contributed by atoms with Gasteiger partial charge < -0.3 is 9.64 Å². The van der Waals surface area contributed by atoms with Gasteiger partial charge in [0.15, 0.2) is 0 Å². The second kappa shape index (κ2) is 4.44. The molecule has 0 N–H and O–H groups in total. The third kappa shape index (κ3) is 2.30. The molecule has 18 heavy (non-hydrogen) atoms. The van der Waals surface area contributed by atoms with Crippen molar-refractivity contribution in [3.05, 3.63) is 23.8 Å². The van der Waals surface area contributed by atoms with E-state index >= 15 is 0 Å². The summed E-state index contributed by atoms with van der Waals surface area (Å²) in [6.45, 7) is 2.21. The van der Waals surface area contributed by atoms with E-state index in [4.69, 9.17) is 15.4 Å². The highest BCUT2D eigenvalue weighted by molar-refractivity contribution is 8.13. The van der Waals surface area contributed by atoms with E-state index in [1.165, 1.54) is 23.1 Å². The van der Waals surface area contributed by atoms with Crippen molar-refractivity contribution in [3.8, 4) is 5.75 Å². The number of ether oxygens (including phenoxy) is 1. The minimum Gasteiger partial charge on any atom is -0.491 e. The molecular formula is C11H12ClNO4S. The van der Waals surface area contributed by atoms with E-state index in [0.717, 1.165) is 0 Å². The van der Waals surface area contributed by atoms with Gasteiger partial charge in [0.25, 0.3) is 15.0 Å². The Hall–Kier alpha value is -1.27. The summed E-state index contributed by atoms with van der Waals surface area (Å²) >= 11 is 0. The lowest BCUT2D eigenvalue weighted by atomic mass is 10.1. The number of hydrogen-bond acceptors (Lipinski definition) is 4. The molecule has 0 radical (unpaired) electrons. The van der Waals surface area contributed by atoms with Gasteiger partial charge in [-0.15, -0.1) is 0 Å². The van der Waals surface area contributed by atoms with Crippen LogP contribution in [0, 0.1) is 0 Å². The predicted molar refractivity (Wildman–Crippen MR) is 66.5 cm³/mol. The number of carbonyl (C=O) groups is 1. The lowest BCUT2D eigenvalue weighted by molar-refractivity contribution is 0.0732. The van der Waals surface area contributed by atoms with Gasteiger partial charge in [-0.3, -0.25) is 4.79 Å². The van der Waals surface area contributed by atoms with Gasteiger partial charge in [-0.25, -0.2) is 8.42 Å². The number of hydrogen-bond donors (Lipinski definition) is 0. The van der Waals surface area contributed by atoms with Gasteiger partial charge >= 0.3 is 0 Å². The standard InChI is InChI=1S/C11H12ClNO4S/c1-7-6-17-10-4-3-8(18(12,15)16)5-9(10)11(14)13(7)2/h3-5,7H,6H2,1-2H3. The average molecular weight is 290 g/mol. The van der Waals surface area contributed by atoms with Crippen molar-refractivity contribution in [1.29, 1.82) is 0 Å². The molecule has 1 amide bonds. The van der Waals surface area contributed by atoms with Gasteiger partial charge in [0.2, 0.25) is 0 Å². The maximum Gasteiger partial charge on any atom is 0.261 e. The summed E-state index contributed by atoms with van der Waals surface area (Å²) in [6, 6.07) is 3.94. The summed E-state index contributed by atoms with van der Waals surface area (Å²) in [7, 11) is 3.05. The molecule has 2 rings (SSSR count). The SMILES string of the molecule is CC1COc2ccc(S(=O)(=O)Cl)cc2C(=O)N1C. The first-order valence-corrected chi connectivity index (χ1v) is 7.60. The Morgan fingerprint density at radius 2 is 2.11 bits per heavy atom. The summed E-state index contributed by atoms with van der Waals surface area (Å²) in [5, 5.41) is 0. The highest BCUT2D eigenvalue weighted by Gasteiger charge is 2.27. The molecule has 1 aromatic carbocycles. The largest absolute Gasteiger partial charge is 0.491 e. The summed E-state index contributed by atoms with van der Waals surface area (Å²) in [4.78, 5) is 13.5. The van der Waals surface area contributed by atoms with Gasteiger partial charge in [0.1, 0.15) is 12.4 Å². The van der Waals surface area contributed by atoms with E-state index in [2.05, 4.69) is 0 Å². The van der Waals surface area contributed by atoms with Gasteiger partial charge in [-0.05, 0) is 25.1 Å². The summed E-state index contributed by atoms with van der Waals surface area (Å²) in [5.41, 5.74) is 0.212. The smallest absolute Gasteiger partial charge is 0.261 e. The summed E-state index contributed by atoms with van der Waals surface area (Å²) in [6.07, 6.45) is 0. The van der Waals surface area contributed by atoms with Crippen LogP contribution >= 0.6 is 10.7 Å². The minimum atomic E-state index is -3.86. The molecule has 0 aliphatic carbocycles. The molecule has 1 aliphatic rings. The van der Waals surface area contributed by atoms with Crippen molar-refractivity contribution < 1.29 is 17.9 Å². The normalized spacial score (nSPS) is 20.1. The highest BCUT2D eigenvalue weighted by atomic mass is 35.7. The Morgan fingerprint density at radius 1 is 1.44 bits per heavy atom. The third-order valence-corrected chi connectivity index (χ3v) is 4.28. The first-order chi connectivity index (χ1) is 8.30. The number of halogens is 1. The lowest BCUT2D eigenvalue weighted by Crippen LogP contribution is -2.36. The first kappa shape index (κ1) is 13.2. The molecule has 7 heteroatoms. The fraction of sp³-hybridized carbons (Fsp3) is 0.364. The average Bonchev–Trinajstić information content (AvgIpc) is 2.41. The Kier molecular flexibility index (Phi) is 3.25. The molecule has 0 fully saturated rings. The Balaban J connectivity index is 2.56. The Labute approximate surface area is 110 Å². The number of likely N-dealkylation sites (N-methyl/N-ethyl adjacent to an activating group) is 1. The second-order valence-corrected chi connectivity index (χ2v) is 6.74. The van der Waals surface area contributed by atoms with Crippen LogP contribution in [0.3, 0.4) is 0 Å². The maximum atomic E-state index is 12.1. The molecule has 1 unspecified atom stereocenters. The molecule has 1 aliphatic heterocycles. The molecule has 0 spiro atoms. The molecular weight excluding hydrogens is 278 g/mol. The fourth-order valence-electron chi connectivity index (χ4n) is 1.67. The van der Waals surface area contributed by atoms with E-state index < -0.39 is 9.05 Å². The Bertz CT molecular complexity index is 599. The Morgan fingerprint density at radius 3 is 2.72 bits per heavy atom. The lowest BCUT2D eigenvalue weighted by Gasteiger charge is -2.20. The van der Waals surface area contributed by atoms with Gasteiger partial charge in [-0.2, -0.15) is 0 Å². The van der Waals surface area contributed by atoms with Crippen molar-refractivity contribution in [3.63, 3.8) is 0 Å². The summed E-state index contributed by atoms with van der Waals surface area (Å²) < 4.78 is 28.0. The molecule has 98 valence electrons. The van der Waals surface area contributed by atoms with E-state index in [0.29, 0.717) is 12.4 Å². The number of benzene rings is 1. The topological polar surface area (TPSA) is 63.7 Å². The van der Waals surface area contributed by atoms with E-state index in [1.807, 2.05) is 6.92 Å². The molecule has 1 atom stereocenters. The maximum absolute atomic E-state index is 12.1. The van der Waals surface area contributed by atoms with Crippen molar-refractivity contribution in [2.75, 3.05) is 13.7 Å². The zero-order valence-corrected chi connectivity index (χ0v) is 11.5. The van der Waals surface area contributed by atoms with Gasteiger partial charge in [-0.1, -0.05) is 0 Å². The van der Waals surface area contributed by atoms with E-state index in [1.54, 1.807) is 7.05 Å². The van der Waals surface area contributed by atoms with Crippen LogP contribution in [0.15, 0.2) is 23.1 Å². The number of amides is 1. The van der Waals surface area contributed by atoms with E-state index in [-0.39, 0.29) is 22.4 Å². The van der Waals surface area contributed by atoms with Gasteiger partial charge in [0.05, 0.1) is 16.5 Å². The molecule has 0 saturated heterocycles. The number of carbonyl (C=O) groups excluding carboxylic acids is 1. The van der Waals surface area contributed by atoms with Crippen LogP contribution in [0.1, 0.15) is 17.3 Å². The first-order valence-electron chi connectivity index (χ1n) is 5.29. The summed E-state index contributed by atoms with van der Waals surface area (Å²) in [5.74, 6) is 0.0948. The number of nitrogens with zero attached hydrogens (tertiary/aromatic N) is 1. The molecule has 0 aromatic heterocycles. The van der Waals surface area contributed by atoms with Crippen molar-refractivity contribution in [2.24, 2.45) is 0 Å². The monoisotopic (exact) mass is 289 g/mol. The number of fused-ring (bicyclic) bond motifs is 1. The van der Waals surface area contributed by atoms with Crippen molar-refractivity contribution in [2.45, 2.75) is 17.9 Å². The quantitative estimate of drug-likeness (QED) is 0.735. The van der Waals surface area contributed by atoms with Crippen LogP contribution in [0.4, 0.5) is 0 Å². The van der Waals surface area contributed by atoms with Crippen LogP contribution in [0.5, 0.6) is 5.75 Å².